The molecule has 0 aliphatic rings. The Morgan fingerprint density at radius 1 is 1.53 bits per heavy atom. The molecule has 0 atom stereocenters. The molecule has 0 unspecified atom stereocenters. The number of nitrogens with one attached hydrogen (secondary N) is 1. The van der Waals surface area contributed by atoms with Gasteiger partial charge in [-0.15, -0.1) is 0 Å². The third-order valence-corrected chi connectivity index (χ3v) is 1.67. The smallest absolute Gasteiger partial charge is 0.271 e. The molecule has 1 amide bonds. The maximum absolute atomic E-state index is 10.9. The molecule has 7 nitrogen and oxygen atoms in total. The standard InChI is InChI=1S/C8H10N6O/c9-1-4(2-10)5-3-13-7(11)6(14-5)8(12)15/h1-3,9H,10H2,(H2,11,13)(H2,12,15). The normalized spacial score (nSPS) is 11.1. The highest BCUT2D eigenvalue weighted by Crippen LogP contribution is 2.11. The van der Waals surface area contributed by atoms with Crippen LogP contribution in [0.4, 0.5) is 5.82 Å². The van der Waals surface area contributed by atoms with Crippen LogP contribution in [0, 0.1) is 5.41 Å². The molecule has 0 saturated carbocycles. The van der Waals surface area contributed by atoms with Crippen LogP contribution in [0.25, 0.3) is 5.57 Å². The Balaban J connectivity index is 3.30. The monoisotopic (exact) mass is 206 g/mol. The molecule has 1 aromatic heterocycles. The van der Waals surface area contributed by atoms with E-state index in [2.05, 4.69) is 9.97 Å². The summed E-state index contributed by atoms with van der Waals surface area (Å²) in [5, 5.41) is 7.04. The SMILES string of the molecule is N=CC(=CN)c1cnc(N)c(C(N)=O)n1. The largest absolute Gasteiger partial charge is 0.404 e. The van der Waals surface area contributed by atoms with Gasteiger partial charge in [0.15, 0.2) is 11.5 Å². The highest BCUT2D eigenvalue weighted by atomic mass is 16.1. The van der Waals surface area contributed by atoms with Crippen molar-refractivity contribution in [3.8, 4) is 0 Å². The maximum atomic E-state index is 10.9. The summed E-state index contributed by atoms with van der Waals surface area (Å²) in [6.07, 6.45) is 3.48. The van der Waals surface area contributed by atoms with Gasteiger partial charge in [0, 0.05) is 18.0 Å². The van der Waals surface area contributed by atoms with Gasteiger partial charge in [-0.2, -0.15) is 0 Å². The van der Waals surface area contributed by atoms with Gasteiger partial charge in [0.2, 0.25) is 0 Å². The first-order valence-electron chi connectivity index (χ1n) is 3.95. The molecule has 1 heterocycles. The summed E-state index contributed by atoms with van der Waals surface area (Å²) in [5.74, 6) is -0.823. The molecule has 7 N–H and O–H groups in total. The Hall–Kier alpha value is -2.44. The molecule has 0 aliphatic heterocycles. The van der Waals surface area contributed by atoms with Crippen LogP contribution in [0.5, 0.6) is 0 Å². The molecule has 7 heteroatoms. The lowest BCUT2D eigenvalue weighted by Gasteiger charge is -2.03. The second kappa shape index (κ2) is 4.18. The van der Waals surface area contributed by atoms with Gasteiger partial charge in [0.05, 0.1) is 11.9 Å². The molecule has 0 fully saturated rings. The van der Waals surface area contributed by atoms with Gasteiger partial charge < -0.3 is 22.6 Å². The average Bonchev–Trinajstić information content (AvgIpc) is 2.21. The summed E-state index contributed by atoms with van der Waals surface area (Å²) in [6, 6.07) is 0. The number of aromatic nitrogens is 2. The number of rotatable bonds is 3. The number of primary amides is 1. The molecule has 0 spiro atoms. The first-order valence-corrected chi connectivity index (χ1v) is 3.95. The minimum Gasteiger partial charge on any atom is -0.404 e. The van der Waals surface area contributed by atoms with Crippen molar-refractivity contribution in [2.24, 2.45) is 11.5 Å². The van der Waals surface area contributed by atoms with Crippen LogP contribution < -0.4 is 17.2 Å². The number of allylic oxidation sites excluding steroid dienone is 1. The van der Waals surface area contributed by atoms with Gasteiger partial charge in [-0.1, -0.05) is 0 Å². The van der Waals surface area contributed by atoms with Crippen molar-refractivity contribution in [2.45, 2.75) is 0 Å². The lowest BCUT2D eigenvalue weighted by Crippen LogP contribution is -2.17. The molecule has 0 aliphatic carbocycles. The maximum Gasteiger partial charge on any atom is 0.271 e. The molecule has 78 valence electrons. The summed E-state index contributed by atoms with van der Waals surface area (Å²) >= 11 is 0. The average molecular weight is 206 g/mol. The van der Waals surface area contributed by atoms with Gasteiger partial charge >= 0.3 is 0 Å². The molecule has 0 saturated heterocycles. The van der Waals surface area contributed by atoms with Crippen molar-refractivity contribution in [1.29, 1.82) is 5.41 Å². The topological polar surface area (TPSA) is 145 Å². The third-order valence-electron chi connectivity index (χ3n) is 1.67. The van der Waals surface area contributed by atoms with E-state index in [-0.39, 0.29) is 17.2 Å². The van der Waals surface area contributed by atoms with Crippen LogP contribution in [0.1, 0.15) is 16.2 Å². The Bertz CT molecular complexity index is 439. The van der Waals surface area contributed by atoms with Gasteiger partial charge in [-0.25, -0.2) is 9.97 Å². The zero-order chi connectivity index (χ0) is 11.4. The second-order valence-corrected chi connectivity index (χ2v) is 2.62. The Morgan fingerprint density at radius 2 is 2.20 bits per heavy atom. The van der Waals surface area contributed by atoms with E-state index in [1.807, 2.05) is 0 Å². The van der Waals surface area contributed by atoms with Gasteiger partial charge in [-0.05, 0) is 0 Å². The Kier molecular flexibility index (Phi) is 2.97. The number of hydrogen-bond donors (Lipinski definition) is 4. The molecular weight excluding hydrogens is 196 g/mol. The molecule has 0 bridgehead atoms. The van der Waals surface area contributed by atoms with Crippen molar-refractivity contribution in [3.63, 3.8) is 0 Å². The predicted molar refractivity (Wildman–Crippen MR) is 55.9 cm³/mol. The number of amides is 1. The summed E-state index contributed by atoms with van der Waals surface area (Å²) in [6.45, 7) is 0. The summed E-state index contributed by atoms with van der Waals surface area (Å²) < 4.78 is 0. The number of nitrogens with two attached hydrogens (primary N) is 3. The molecule has 15 heavy (non-hydrogen) atoms. The fourth-order valence-corrected chi connectivity index (χ4v) is 0.926. The lowest BCUT2D eigenvalue weighted by molar-refractivity contribution is 0.0996. The minimum atomic E-state index is -0.775. The first kappa shape index (κ1) is 10.6. The van der Waals surface area contributed by atoms with E-state index in [1.165, 1.54) is 12.4 Å². The quantitative estimate of drug-likeness (QED) is 0.474. The van der Waals surface area contributed by atoms with Gasteiger partial charge in [0.1, 0.15) is 0 Å². The van der Waals surface area contributed by atoms with Crippen molar-refractivity contribution in [1.82, 2.24) is 9.97 Å². The van der Waals surface area contributed by atoms with Crippen LogP contribution in [-0.4, -0.2) is 22.1 Å². The van der Waals surface area contributed by atoms with Gasteiger partial charge in [0.25, 0.3) is 5.91 Å². The number of hydrogen-bond acceptors (Lipinski definition) is 6. The van der Waals surface area contributed by atoms with Crippen molar-refractivity contribution in [3.05, 3.63) is 23.8 Å². The zero-order valence-corrected chi connectivity index (χ0v) is 7.77. The molecule has 0 radical (unpaired) electrons. The fourth-order valence-electron chi connectivity index (χ4n) is 0.926. The second-order valence-electron chi connectivity index (χ2n) is 2.62. The highest BCUT2D eigenvalue weighted by molar-refractivity contribution is 6.07. The van der Waals surface area contributed by atoms with E-state index >= 15 is 0 Å². The van der Waals surface area contributed by atoms with E-state index in [0.29, 0.717) is 5.57 Å². The first-order chi connectivity index (χ1) is 7.10. The number of carbonyl (C=O) groups excluding carboxylic acids is 1. The third kappa shape index (κ3) is 2.08. The van der Waals surface area contributed by atoms with Crippen molar-refractivity contribution < 1.29 is 4.79 Å². The van der Waals surface area contributed by atoms with Crippen LogP contribution in [-0.2, 0) is 0 Å². The number of nitrogen functional groups attached to an aromatic ring is 1. The lowest BCUT2D eigenvalue weighted by atomic mass is 10.2. The summed E-state index contributed by atoms with van der Waals surface area (Å²) in [4.78, 5) is 18.5. The highest BCUT2D eigenvalue weighted by Gasteiger charge is 2.11. The molecule has 0 aromatic carbocycles. The summed E-state index contributed by atoms with van der Waals surface area (Å²) in [7, 11) is 0. The zero-order valence-electron chi connectivity index (χ0n) is 7.77. The number of carbonyl (C=O) groups is 1. The van der Waals surface area contributed by atoms with E-state index in [0.717, 1.165) is 6.21 Å². The van der Waals surface area contributed by atoms with Crippen LogP contribution in [0.2, 0.25) is 0 Å². The fraction of sp³-hybridized carbons (Fsp3) is 0. The number of nitrogens with zero attached hydrogens (tertiary/aromatic N) is 2. The predicted octanol–water partition coefficient (Wildman–Crippen LogP) is -0.893. The Morgan fingerprint density at radius 3 is 2.67 bits per heavy atom. The van der Waals surface area contributed by atoms with Crippen molar-refractivity contribution >= 4 is 23.5 Å². The Labute approximate surface area is 85.5 Å². The van der Waals surface area contributed by atoms with Crippen LogP contribution in [0.3, 0.4) is 0 Å². The van der Waals surface area contributed by atoms with E-state index < -0.39 is 5.91 Å². The van der Waals surface area contributed by atoms with Crippen LogP contribution in [0.15, 0.2) is 12.4 Å². The molecular formula is C8H10N6O. The van der Waals surface area contributed by atoms with E-state index in [4.69, 9.17) is 22.6 Å². The minimum absolute atomic E-state index is 0.0485. The summed E-state index contributed by atoms with van der Waals surface area (Å²) in [5.41, 5.74) is 16.1. The van der Waals surface area contributed by atoms with Gasteiger partial charge in [-0.3, -0.25) is 4.79 Å². The molecule has 1 aromatic rings. The molecule has 1 rings (SSSR count). The van der Waals surface area contributed by atoms with E-state index in [9.17, 15) is 4.79 Å². The van der Waals surface area contributed by atoms with Crippen molar-refractivity contribution in [2.75, 3.05) is 5.73 Å². The van der Waals surface area contributed by atoms with Crippen LogP contribution >= 0.6 is 0 Å². The number of anilines is 1. The van der Waals surface area contributed by atoms with E-state index in [1.54, 1.807) is 0 Å².